The molecule has 3 aromatic rings. The molecule has 0 saturated heterocycles. The van der Waals surface area contributed by atoms with Crippen LogP contribution in [0.2, 0.25) is 0 Å². The Morgan fingerprint density at radius 1 is 1.22 bits per heavy atom. The summed E-state index contributed by atoms with van der Waals surface area (Å²) in [7, 11) is 0. The van der Waals surface area contributed by atoms with Crippen LogP contribution in [0.5, 0.6) is 0 Å². The van der Waals surface area contributed by atoms with Gasteiger partial charge in [-0.1, -0.05) is 30.3 Å². The topological polar surface area (TPSA) is 79.8 Å². The van der Waals surface area contributed by atoms with Crippen molar-refractivity contribution in [2.24, 2.45) is 0 Å². The van der Waals surface area contributed by atoms with Crippen LogP contribution in [0.4, 0.5) is 10.6 Å². The number of pyridine rings is 1. The molecule has 1 radical (unpaired) electrons. The summed E-state index contributed by atoms with van der Waals surface area (Å²) in [5, 5.41) is 5.26. The molecule has 0 fully saturated rings. The van der Waals surface area contributed by atoms with E-state index in [0.29, 0.717) is 29.2 Å². The van der Waals surface area contributed by atoms with Gasteiger partial charge in [0.2, 0.25) is 0 Å². The number of amides is 2. The van der Waals surface area contributed by atoms with E-state index in [1.165, 1.54) is 0 Å². The van der Waals surface area contributed by atoms with E-state index in [0.717, 1.165) is 5.56 Å². The van der Waals surface area contributed by atoms with E-state index in [-0.39, 0.29) is 6.03 Å². The third-order valence-electron chi connectivity index (χ3n) is 3.07. The Morgan fingerprint density at radius 3 is 2.83 bits per heavy atom. The number of benzene rings is 1. The smallest absolute Gasteiger partial charge is 0.320 e. The Hall–Kier alpha value is -3.28. The zero-order valence-corrected chi connectivity index (χ0v) is 12.3. The van der Waals surface area contributed by atoms with E-state index < -0.39 is 0 Å². The summed E-state index contributed by atoms with van der Waals surface area (Å²) >= 11 is 0. The molecule has 0 aliphatic carbocycles. The minimum Gasteiger partial charge on any atom is -0.334 e. The molecule has 113 valence electrons. The molecule has 0 spiro atoms. The highest BCUT2D eigenvalue weighted by Gasteiger charge is 2.06. The molecule has 1 aromatic carbocycles. The number of rotatable bonds is 4. The first-order valence-electron chi connectivity index (χ1n) is 7.02. The fourth-order valence-corrected chi connectivity index (χ4v) is 1.99. The number of nitrogens with zero attached hydrogens (tertiary/aromatic N) is 3. The van der Waals surface area contributed by atoms with E-state index in [1.807, 2.05) is 24.3 Å². The summed E-state index contributed by atoms with van der Waals surface area (Å²) in [5.41, 5.74) is 2.78. The summed E-state index contributed by atoms with van der Waals surface area (Å²) in [6.07, 6.45) is 3.30. The first kappa shape index (κ1) is 14.6. The van der Waals surface area contributed by atoms with Crippen molar-refractivity contribution in [3.8, 4) is 11.3 Å². The second-order valence-electron chi connectivity index (χ2n) is 4.71. The molecular weight excluding hydrogens is 290 g/mol. The summed E-state index contributed by atoms with van der Waals surface area (Å²) < 4.78 is 0. The van der Waals surface area contributed by atoms with Crippen molar-refractivity contribution < 1.29 is 4.79 Å². The second kappa shape index (κ2) is 6.65. The highest BCUT2D eigenvalue weighted by atomic mass is 16.2. The van der Waals surface area contributed by atoms with Crippen molar-refractivity contribution in [3.05, 3.63) is 61.3 Å². The minimum absolute atomic E-state index is 0.348. The largest absolute Gasteiger partial charge is 0.334 e. The molecule has 23 heavy (non-hydrogen) atoms. The van der Waals surface area contributed by atoms with Crippen LogP contribution in [-0.4, -0.2) is 27.5 Å². The number of urea groups is 1. The van der Waals surface area contributed by atoms with Crippen LogP contribution in [-0.2, 0) is 0 Å². The standard InChI is InChI=1S/C17H14N5O/c1-2-10-18-17(23)22-15-9-8-13-16(21-15)20-14(11-19-13)12-6-4-3-5-7-12/h2,4-9,11H,1,10H2,(H2,18,20,21,22,23). The third kappa shape index (κ3) is 3.49. The quantitative estimate of drug-likeness (QED) is 0.726. The summed E-state index contributed by atoms with van der Waals surface area (Å²) in [6, 6.07) is 13.5. The Balaban J connectivity index is 1.89. The van der Waals surface area contributed by atoms with Crippen LogP contribution in [0.3, 0.4) is 0 Å². The van der Waals surface area contributed by atoms with Crippen LogP contribution in [0.25, 0.3) is 22.4 Å². The van der Waals surface area contributed by atoms with Gasteiger partial charge in [-0.25, -0.2) is 14.8 Å². The summed E-state index contributed by atoms with van der Waals surface area (Å²) in [4.78, 5) is 24.8. The number of hydrogen-bond donors (Lipinski definition) is 2. The van der Waals surface area contributed by atoms with Crippen molar-refractivity contribution in [2.45, 2.75) is 0 Å². The van der Waals surface area contributed by atoms with Crippen LogP contribution in [0.1, 0.15) is 0 Å². The van der Waals surface area contributed by atoms with Gasteiger partial charge in [-0.15, -0.1) is 6.58 Å². The number of aromatic nitrogens is 3. The van der Waals surface area contributed by atoms with Gasteiger partial charge >= 0.3 is 6.03 Å². The van der Waals surface area contributed by atoms with Gasteiger partial charge in [0.15, 0.2) is 5.65 Å². The number of carbonyl (C=O) groups excluding carboxylic acids is 1. The van der Waals surface area contributed by atoms with Crippen LogP contribution in [0, 0.1) is 6.07 Å². The SMILES string of the molecule is C=CCNC(=O)Nc1ccc2ncc(-c3cc[c]cc3)nc2n1. The van der Waals surface area contributed by atoms with Gasteiger partial charge in [-0.2, -0.15) is 0 Å². The van der Waals surface area contributed by atoms with Crippen molar-refractivity contribution in [3.63, 3.8) is 0 Å². The van der Waals surface area contributed by atoms with Crippen LogP contribution < -0.4 is 10.6 Å². The molecule has 2 N–H and O–H groups in total. The van der Waals surface area contributed by atoms with Crippen molar-refractivity contribution in [1.82, 2.24) is 20.3 Å². The van der Waals surface area contributed by atoms with E-state index in [4.69, 9.17) is 0 Å². The number of hydrogen-bond acceptors (Lipinski definition) is 4. The fourth-order valence-electron chi connectivity index (χ4n) is 1.99. The third-order valence-corrected chi connectivity index (χ3v) is 3.07. The van der Waals surface area contributed by atoms with E-state index in [1.54, 1.807) is 24.4 Å². The molecule has 6 heteroatoms. The molecule has 0 aliphatic heterocycles. The lowest BCUT2D eigenvalue weighted by molar-refractivity contribution is 0.253. The van der Waals surface area contributed by atoms with Crippen LogP contribution in [0.15, 0.2) is 55.3 Å². The van der Waals surface area contributed by atoms with Gasteiger partial charge in [0.1, 0.15) is 11.3 Å². The Bertz CT molecular complexity index is 848. The monoisotopic (exact) mass is 304 g/mol. The zero-order valence-electron chi connectivity index (χ0n) is 12.3. The molecule has 0 saturated carbocycles. The zero-order chi connectivity index (χ0) is 16.1. The molecule has 0 atom stereocenters. The Labute approximate surface area is 133 Å². The molecule has 3 rings (SSSR count). The highest BCUT2D eigenvalue weighted by Crippen LogP contribution is 2.18. The van der Waals surface area contributed by atoms with Gasteiger partial charge in [-0.05, 0) is 18.2 Å². The van der Waals surface area contributed by atoms with Crippen molar-refractivity contribution in [1.29, 1.82) is 0 Å². The highest BCUT2D eigenvalue weighted by molar-refractivity contribution is 5.89. The van der Waals surface area contributed by atoms with Gasteiger partial charge < -0.3 is 5.32 Å². The molecule has 6 nitrogen and oxygen atoms in total. The molecule has 2 amide bonds. The molecule has 0 aliphatic rings. The van der Waals surface area contributed by atoms with E-state index in [2.05, 4.69) is 38.2 Å². The minimum atomic E-state index is -0.348. The number of carbonyl (C=O) groups is 1. The molecule has 2 aromatic heterocycles. The predicted octanol–water partition coefficient (Wildman–Crippen LogP) is 2.80. The van der Waals surface area contributed by atoms with Crippen LogP contribution >= 0.6 is 0 Å². The maximum atomic E-state index is 11.6. The lowest BCUT2D eigenvalue weighted by atomic mass is 10.2. The molecule has 2 heterocycles. The maximum absolute atomic E-state index is 11.6. The van der Waals surface area contributed by atoms with E-state index >= 15 is 0 Å². The first-order valence-corrected chi connectivity index (χ1v) is 7.02. The summed E-state index contributed by atoms with van der Waals surface area (Å²) in [6.45, 7) is 3.92. The average Bonchev–Trinajstić information content (AvgIpc) is 2.60. The number of anilines is 1. The van der Waals surface area contributed by atoms with Crippen molar-refractivity contribution >= 4 is 23.0 Å². The fraction of sp³-hybridized carbons (Fsp3) is 0.0588. The first-order chi connectivity index (χ1) is 11.3. The Kier molecular flexibility index (Phi) is 4.24. The van der Waals surface area contributed by atoms with Gasteiger partial charge in [0, 0.05) is 12.1 Å². The van der Waals surface area contributed by atoms with Gasteiger partial charge in [0.05, 0.1) is 11.9 Å². The van der Waals surface area contributed by atoms with Gasteiger partial charge in [0.25, 0.3) is 0 Å². The normalized spacial score (nSPS) is 10.3. The summed E-state index contributed by atoms with van der Waals surface area (Å²) in [5.74, 6) is 0.409. The van der Waals surface area contributed by atoms with E-state index in [9.17, 15) is 4.79 Å². The second-order valence-corrected chi connectivity index (χ2v) is 4.71. The molecular formula is C17H14N5O. The molecule has 0 bridgehead atoms. The maximum Gasteiger partial charge on any atom is 0.320 e. The Morgan fingerprint density at radius 2 is 2.04 bits per heavy atom. The lowest BCUT2D eigenvalue weighted by Crippen LogP contribution is -2.28. The lowest BCUT2D eigenvalue weighted by Gasteiger charge is -2.06. The molecule has 0 unspecified atom stereocenters. The van der Waals surface area contributed by atoms with Crippen molar-refractivity contribution in [2.75, 3.05) is 11.9 Å². The number of fused-ring (bicyclic) bond motifs is 1. The predicted molar refractivity (Wildman–Crippen MR) is 88.8 cm³/mol. The van der Waals surface area contributed by atoms with Gasteiger partial charge in [-0.3, -0.25) is 10.3 Å². The average molecular weight is 304 g/mol. The number of nitrogens with one attached hydrogen (secondary N) is 2.